The van der Waals surface area contributed by atoms with Crippen molar-refractivity contribution >= 4 is 16.7 Å². The molecule has 0 spiro atoms. The molecule has 0 aliphatic carbocycles. The Hall–Kier alpha value is -6.69. The minimum absolute atomic E-state index is 0.0415. The summed E-state index contributed by atoms with van der Waals surface area (Å²) in [6.45, 7) is 0. The first kappa shape index (κ1) is 31.6. The van der Waals surface area contributed by atoms with Crippen molar-refractivity contribution in [2.45, 2.75) is 6.23 Å². The molecule has 51 heavy (non-hydrogen) atoms. The van der Waals surface area contributed by atoms with Crippen molar-refractivity contribution in [3.8, 4) is 56.2 Å². The number of nitrogens with one attached hydrogen (secondary N) is 1. The summed E-state index contributed by atoms with van der Waals surface area (Å²) in [5.74, 6) is 0.726. The fourth-order valence-electron chi connectivity index (χ4n) is 6.33. The largest absolute Gasteiger partial charge is 0.454 e. The number of ether oxygens (including phenoxy) is 1. The van der Waals surface area contributed by atoms with Gasteiger partial charge >= 0.3 is 0 Å². The van der Waals surface area contributed by atoms with Crippen LogP contribution in [0.25, 0.3) is 66.9 Å². The third-order valence-corrected chi connectivity index (χ3v) is 9.04. The van der Waals surface area contributed by atoms with Crippen molar-refractivity contribution in [1.82, 2.24) is 9.97 Å². The standard InChI is InChI=1S/C46H34N4O/c47-44(34-14-6-2-7-15-34)51-45(48)39-27-26-37-28-36(24-25-38(37)29-39)31-20-22-33(23-21-31)42-30-43(50-46(49-42)35-16-8-3-9-17-35)41-19-11-10-18-40(41)32-12-4-1-5-13-32/h1-30,44,48H,47H2. The average Bonchev–Trinajstić information content (AvgIpc) is 3.21. The molecule has 0 fully saturated rings. The minimum Gasteiger partial charge on any atom is -0.454 e. The van der Waals surface area contributed by atoms with Crippen molar-refractivity contribution in [2.24, 2.45) is 5.73 Å². The SMILES string of the molecule is N=C(OC(N)c1ccccc1)c1ccc2cc(-c3ccc(-c4cc(-c5ccccc5-c5ccccc5)nc(-c5ccccc5)n4)cc3)ccc2c1. The van der Waals surface area contributed by atoms with Crippen LogP contribution in [0.5, 0.6) is 0 Å². The van der Waals surface area contributed by atoms with E-state index in [4.69, 9.17) is 25.8 Å². The molecule has 0 amide bonds. The predicted octanol–water partition coefficient (Wildman–Crippen LogP) is 11.0. The van der Waals surface area contributed by atoms with Crippen LogP contribution in [0.1, 0.15) is 17.4 Å². The second-order valence-electron chi connectivity index (χ2n) is 12.4. The highest BCUT2D eigenvalue weighted by Gasteiger charge is 2.15. The Morgan fingerprint density at radius 2 is 1.02 bits per heavy atom. The quantitative estimate of drug-likeness (QED) is 0.0966. The molecular weight excluding hydrogens is 625 g/mol. The first-order valence-electron chi connectivity index (χ1n) is 16.9. The Labute approximate surface area is 297 Å². The van der Waals surface area contributed by atoms with E-state index in [9.17, 15) is 0 Å². The normalized spacial score (nSPS) is 11.6. The zero-order chi connectivity index (χ0) is 34.6. The van der Waals surface area contributed by atoms with Crippen LogP contribution in [0.2, 0.25) is 0 Å². The van der Waals surface area contributed by atoms with Gasteiger partial charge in [-0.3, -0.25) is 11.1 Å². The fourth-order valence-corrected chi connectivity index (χ4v) is 6.33. The minimum atomic E-state index is -0.705. The van der Waals surface area contributed by atoms with Gasteiger partial charge in [0.05, 0.1) is 11.4 Å². The molecule has 1 aromatic heterocycles. The maximum Gasteiger partial charge on any atom is 0.215 e. The summed E-state index contributed by atoms with van der Waals surface area (Å²) in [5.41, 5.74) is 16.9. The lowest BCUT2D eigenvalue weighted by molar-refractivity contribution is 0.199. The molecular formula is C46H34N4O. The number of hydrogen-bond donors (Lipinski definition) is 2. The molecule has 0 saturated heterocycles. The van der Waals surface area contributed by atoms with E-state index < -0.39 is 6.23 Å². The van der Waals surface area contributed by atoms with Crippen LogP contribution >= 0.6 is 0 Å². The van der Waals surface area contributed by atoms with Gasteiger partial charge in [-0.1, -0.05) is 158 Å². The molecule has 0 bridgehead atoms. The molecule has 3 N–H and O–H groups in total. The molecule has 0 radical (unpaired) electrons. The first-order valence-corrected chi connectivity index (χ1v) is 16.9. The predicted molar refractivity (Wildman–Crippen MR) is 208 cm³/mol. The van der Waals surface area contributed by atoms with Gasteiger partial charge in [-0.25, -0.2) is 9.97 Å². The van der Waals surface area contributed by atoms with E-state index in [1.54, 1.807) is 0 Å². The van der Waals surface area contributed by atoms with Crippen molar-refractivity contribution < 1.29 is 4.74 Å². The molecule has 1 heterocycles. The van der Waals surface area contributed by atoms with E-state index in [2.05, 4.69) is 97.1 Å². The van der Waals surface area contributed by atoms with E-state index >= 15 is 0 Å². The number of hydrogen-bond acceptors (Lipinski definition) is 5. The molecule has 0 aliphatic rings. The smallest absolute Gasteiger partial charge is 0.215 e. The highest BCUT2D eigenvalue weighted by atomic mass is 16.5. The van der Waals surface area contributed by atoms with Gasteiger partial charge < -0.3 is 4.74 Å². The lowest BCUT2D eigenvalue weighted by atomic mass is 9.96. The topological polar surface area (TPSA) is 84.9 Å². The maximum atomic E-state index is 8.52. The number of rotatable bonds is 8. The lowest BCUT2D eigenvalue weighted by Gasteiger charge is -2.16. The van der Waals surface area contributed by atoms with E-state index in [1.165, 1.54) is 0 Å². The van der Waals surface area contributed by atoms with Crippen molar-refractivity contribution in [3.05, 3.63) is 193 Å². The maximum absolute atomic E-state index is 8.52. The van der Waals surface area contributed by atoms with Crippen LogP contribution in [0.4, 0.5) is 0 Å². The summed E-state index contributed by atoms with van der Waals surface area (Å²) >= 11 is 0. The molecule has 0 aliphatic heterocycles. The summed E-state index contributed by atoms with van der Waals surface area (Å²) in [5, 5.41) is 10.6. The second kappa shape index (κ2) is 14.0. The molecule has 244 valence electrons. The zero-order valence-corrected chi connectivity index (χ0v) is 27.8. The van der Waals surface area contributed by atoms with Gasteiger partial charge in [0, 0.05) is 27.8 Å². The lowest BCUT2D eigenvalue weighted by Crippen LogP contribution is -2.19. The molecule has 8 rings (SSSR count). The van der Waals surface area contributed by atoms with E-state index in [-0.39, 0.29) is 5.90 Å². The third kappa shape index (κ3) is 6.79. The molecule has 0 saturated carbocycles. The molecule has 7 aromatic carbocycles. The van der Waals surface area contributed by atoms with Crippen LogP contribution in [0.3, 0.4) is 0 Å². The van der Waals surface area contributed by atoms with Crippen LogP contribution in [-0.2, 0) is 4.74 Å². The summed E-state index contributed by atoms with van der Waals surface area (Å²) < 4.78 is 5.76. The highest BCUT2D eigenvalue weighted by molar-refractivity contribution is 5.98. The third-order valence-electron chi connectivity index (χ3n) is 9.04. The van der Waals surface area contributed by atoms with Crippen LogP contribution in [-0.4, -0.2) is 15.9 Å². The first-order chi connectivity index (χ1) is 25.1. The fraction of sp³-hybridized carbons (Fsp3) is 0.0217. The van der Waals surface area contributed by atoms with Crippen LogP contribution in [0, 0.1) is 5.41 Å². The van der Waals surface area contributed by atoms with Crippen molar-refractivity contribution in [1.29, 1.82) is 5.41 Å². The van der Waals surface area contributed by atoms with Gasteiger partial charge in [-0.05, 0) is 57.3 Å². The number of benzene rings is 7. The Kier molecular flexibility index (Phi) is 8.69. The van der Waals surface area contributed by atoms with Crippen molar-refractivity contribution in [3.63, 3.8) is 0 Å². The Balaban J connectivity index is 1.09. The van der Waals surface area contributed by atoms with Gasteiger partial charge in [-0.15, -0.1) is 0 Å². The summed E-state index contributed by atoms with van der Waals surface area (Å²) in [4.78, 5) is 10.1. The van der Waals surface area contributed by atoms with Gasteiger partial charge in [-0.2, -0.15) is 0 Å². The van der Waals surface area contributed by atoms with E-state index in [0.29, 0.717) is 11.4 Å². The number of fused-ring (bicyclic) bond motifs is 1. The summed E-state index contributed by atoms with van der Waals surface area (Å²) in [7, 11) is 0. The van der Waals surface area contributed by atoms with Gasteiger partial charge in [0.1, 0.15) is 0 Å². The Bertz CT molecular complexity index is 2460. The summed E-state index contributed by atoms with van der Waals surface area (Å²) in [6, 6.07) is 61.4. The van der Waals surface area contributed by atoms with Crippen LogP contribution in [0.15, 0.2) is 182 Å². The summed E-state index contributed by atoms with van der Waals surface area (Å²) in [6.07, 6.45) is -0.705. The van der Waals surface area contributed by atoms with E-state index in [0.717, 1.165) is 66.7 Å². The molecule has 5 heteroatoms. The number of nitrogens with two attached hydrogens (primary N) is 1. The average molecular weight is 659 g/mol. The van der Waals surface area contributed by atoms with Crippen LogP contribution < -0.4 is 5.73 Å². The molecule has 5 nitrogen and oxygen atoms in total. The van der Waals surface area contributed by atoms with Gasteiger partial charge in [0.15, 0.2) is 12.1 Å². The second-order valence-corrected chi connectivity index (χ2v) is 12.4. The van der Waals surface area contributed by atoms with E-state index in [1.807, 2.05) is 84.9 Å². The zero-order valence-electron chi connectivity index (χ0n) is 27.8. The number of aromatic nitrogens is 2. The Morgan fingerprint density at radius 3 is 1.75 bits per heavy atom. The van der Waals surface area contributed by atoms with Gasteiger partial charge in [0.2, 0.25) is 5.90 Å². The molecule has 1 unspecified atom stereocenters. The monoisotopic (exact) mass is 658 g/mol. The van der Waals surface area contributed by atoms with Crippen molar-refractivity contribution in [2.75, 3.05) is 0 Å². The Morgan fingerprint density at radius 1 is 0.471 bits per heavy atom. The molecule has 1 atom stereocenters. The number of nitrogens with zero attached hydrogens (tertiary/aromatic N) is 2. The highest BCUT2D eigenvalue weighted by Crippen LogP contribution is 2.35. The molecule has 8 aromatic rings. The van der Waals surface area contributed by atoms with Gasteiger partial charge in [0.25, 0.3) is 0 Å².